The first-order chi connectivity index (χ1) is 10.2. The number of amidine groups is 1. The molecule has 0 aromatic heterocycles. The monoisotopic (exact) mass is 292 g/mol. The van der Waals surface area contributed by atoms with Crippen LogP contribution in [0.25, 0.3) is 0 Å². The molecule has 0 unspecified atom stereocenters. The standard InChI is InChI=1S/C16H24N2O3/c1-4-5-6-7-10-21-12-8-9-14-13(11-12)15(17)18-16(14,19-2)20-3/h8-9,11H,4-7,10H2,1-3H3,(H2,17,18). The van der Waals surface area contributed by atoms with Gasteiger partial charge in [-0.1, -0.05) is 26.2 Å². The molecule has 0 radical (unpaired) electrons. The molecule has 1 aliphatic rings. The fraction of sp³-hybridized carbons (Fsp3) is 0.562. The van der Waals surface area contributed by atoms with E-state index in [1.165, 1.54) is 19.3 Å². The van der Waals surface area contributed by atoms with Crippen LogP contribution in [0, 0.1) is 0 Å². The van der Waals surface area contributed by atoms with Crippen LogP contribution in [-0.4, -0.2) is 26.7 Å². The highest BCUT2D eigenvalue weighted by Gasteiger charge is 2.40. The number of rotatable bonds is 8. The fourth-order valence-corrected chi connectivity index (χ4v) is 2.49. The highest BCUT2D eigenvalue weighted by Crippen LogP contribution is 2.37. The van der Waals surface area contributed by atoms with Gasteiger partial charge in [0.25, 0.3) is 5.91 Å². The van der Waals surface area contributed by atoms with Crippen LogP contribution in [0.3, 0.4) is 0 Å². The Morgan fingerprint density at radius 1 is 1.14 bits per heavy atom. The highest BCUT2D eigenvalue weighted by molar-refractivity contribution is 6.01. The molecule has 1 aliphatic heterocycles. The summed E-state index contributed by atoms with van der Waals surface area (Å²) >= 11 is 0. The van der Waals surface area contributed by atoms with Crippen LogP contribution in [-0.2, 0) is 15.4 Å². The molecular formula is C16H24N2O3. The molecule has 21 heavy (non-hydrogen) atoms. The molecule has 2 N–H and O–H groups in total. The van der Waals surface area contributed by atoms with E-state index in [1.54, 1.807) is 14.2 Å². The Morgan fingerprint density at radius 3 is 2.57 bits per heavy atom. The van der Waals surface area contributed by atoms with Crippen LogP contribution in [0.4, 0.5) is 0 Å². The third-order valence-electron chi connectivity index (χ3n) is 3.69. The van der Waals surface area contributed by atoms with Crippen molar-refractivity contribution in [2.24, 2.45) is 10.7 Å². The molecule has 0 amide bonds. The Labute approximate surface area is 126 Å². The summed E-state index contributed by atoms with van der Waals surface area (Å²) in [7, 11) is 3.10. The number of methoxy groups -OCH3 is 2. The normalized spacial score (nSPS) is 15.7. The zero-order valence-corrected chi connectivity index (χ0v) is 13.0. The van der Waals surface area contributed by atoms with E-state index in [4.69, 9.17) is 19.9 Å². The molecule has 0 saturated carbocycles. The number of nitrogens with two attached hydrogens (primary N) is 1. The van der Waals surface area contributed by atoms with Gasteiger partial charge in [-0.15, -0.1) is 0 Å². The maximum absolute atomic E-state index is 5.97. The summed E-state index contributed by atoms with van der Waals surface area (Å²) in [6, 6.07) is 5.69. The summed E-state index contributed by atoms with van der Waals surface area (Å²) in [5, 5.41) is 0. The largest absolute Gasteiger partial charge is 0.494 e. The average molecular weight is 292 g/mol. The lowest BCUT2D eigenvalue weighted by molar-refractivity contribution is -0.206. The second-order valence-electron chi connectivity index (χ2n) is 5.10. The van der Waals surface area contributed by atoms with Crippen LogP contribution in [0.2, 0.25) is 0 Å². The first-order valence-corrected chi connectivity index (χ1v) is 7.40. The van der Waals surface area contributed by atoms with E-state index in [1.807, 2.05) is 18.2 Å². The number of benzene rings is 1. The van der Waals surface area contributed by atoms with Crippen LogP contribution >= 0.6 is 0 Å². The lowest BCUT2D eigenvalue weighted by Crippen LogP contribution is -2.26. The molecule has 0 fully saturated rings. The Hall–Kier alpha value is -1.59. The van der Waals surface area contributed by atoms with Gasteiger partial charge in [0.05, 0.1) is 6.61 Å². The van der Waals surface area contributed by atoms with Crippen molar-refractivity contribution in [3.8, 4) is 5.75 Å². The second kappa shape index (κ2) is 6.91. The number of nitrogens with zero attached hydrogens (tertiary/aromatic N) is 1. The van der Waals surface area contributed by atoms with E-state index in [0.717, 1.165) is 29.9 Å². The Kier molecular flexibility index (Phi) is 5.20. The van der Waals surface area contributed by atoms with Crippen molar-refractivity contribution >= 4 is 5.84 Å². The zero-order chi connectivity index (χ0) is 15.3. The molecule has 0 spiro atoms. The molecule has 0 bridgehead atoms. The third-order valence-corrected chi connectivity index (χ3v) is 3.69. The molecule has 0 aliphatic carbocycles. The van der Waals surface area contributed by atoms with E-state index in [2.05, 4.69) is 11.9 Å². The molecule has 2 rings (SSSR count). The van der Waals surface area contributed by atoms with Crippen molar-refractivity contribution in [3.63, 3.8) is 0 Å². The first-order valence-electron chi connectivity index (χ1n) is 7.40. The van der Waals surface area contributed by atoms with Gasteiger partial charge in [-0.05, 0) is 24.6 Å². The number of unbranched alkanes of at least 4 members (excludes halogenated alkanes) is 3. The van der Waals surface area contributed by atoms with Crippen molar-refractivity contribution in [2.75, 3.05) is 20.8 Å². The number of hydrogen-bond donors (Lipinski definition) is 1. The molecule has 0 saturated heterocycles. The summed E-state index contributed by atoms with van der Waals surface area (Å²) in [4.78, 5) is 4.28. The van der Waals surface area contributed by atoms with Crippen LogP contribution in [0.15, 0.2) is 23.2 Å². The summed E-state index contributed by atoms with van der Waals surface area (Å²) in [6.45, 7) is 2.91. The summed E-state index contributed by atoms with van der Waals surface area (Å²) in [5.74, 6) is 0.0792. The van der Waals surface area contributed by atoms with Gasteiger partial charge in [0.15, 0.2) is 0 Å². The maximum atomic E-state index is 5.97. The lowest BCUT2D eigenvalue weighted by atomic mass is 10.1. The van der Waals surface area contributed by atoms with Gasteiger partial charge < -0.3 is 19.9 Å². The van der Waals surface area contributed by atoms with Gasteiger partial charge in [-0.2, -0.15) is 0 Å². The molecule has 0 atom stereocenters. The summed E-state index contributed by atoms with van der Waals surface area (Å²) in [5.41, 5.74) is 7.59. The molecular weight excluding hydrogens is 268 g/mol. The first kappa shape index (κ1) is 15.8. The van der Waals surface area contributed by atoms with Gasteiger partial charge in [0, 0.05) is 25.3 Å². The molecule has 116 valence electrons. The molecule has 5 heteroatoms. The molecule has 1 heterocycles. The van der Waals surface area contributed by atoms with Crippen molar-refractivity contribution in [2.45, 2.75) is 38.5 Å². The van der Waals surface area contributed by atoms with Gasteiger partial charge in [-0.25, -0.2) is 4.99 Å². The Balaban J connectivity index is 2.07. The van der Waals surface area contributed by atoms with Crippen LogP contribution in [0.5, 0.6) is 5.75 Å². The molecule has 1 aromatic rings. The SMILES string of the molecule is CCCCCCOc1ccc2c(c1)C(N)=NC2(OC)OC. The number of ether oxygens (including phenoxy) is 3. The van der Waals surface area contributed by atoms with Crippen molar-refractivity contribution in [3.05, 3.63) is 29.3 Å². The minimum atomic E-state index is -1.13. The number of aliphatic imine (C=N–C) groups is 1. The van der Waals surface area contributed by atoms with E-state index in [9.17, 15) is 0 Å². The minimum absolute atomic E-state index is 0.408. The summed E-state index contributed by atoms with van der Waals surface area (Å²) in [6.07, 6.45) is 4.73. The van der Waals surface area contributed by atoms with E-state index in [-0.39, 0.29) is 0 Å². The predicted octanol–water partition coefficient (Wildman–Crippen LogP) is 2.77. The Morgan fingerprint density at radius 2 is 1.90 bits per heavy atom. The van der Waals surface area contributed by atoms with Crippen LogP contribution in [0.1, 0.15) is 43.7 Å². The van der Waals surface area contributed by atoms with Gasteiger partial charge in [0.2, 0.25) is 0 Å². The second-order valence-corrected chi connectivity index (χ2v) is 5.10. The maximum Gasteiger partial charge on any atom is 0.300 e. The topological polar surface area (TPSA) is 66.1 Å². The van der Waals surface area contributed by atoms with E-state index < -0.39 is 5.91 Å². The van der Waals surface area contributed by atoms with Crippen molar-refractivity contribution < 1.29 is 14.2 Å². The third kappa shape index (κ3) is 3.19. The van der Waals surface area contributed by atoms with Crippen molar-refractivity contribution in [1.29, 1.82) is 0 Å². The number of hydrogen-bond acceptors (Lipinski definition) is 5. The average Bonchev–Trinajstić information content (AvgIpc) is 2.80. The minimum Gasteiger partial charge on any atom is -0.494 e. The van der Waals surface area contributed by atoms with Gasteiger partial charge in [0.1, 0.15) is 11.6 Å². The van der Waals surface area contributed by atoms with Crippen molar-refractivity contribution in [1.82, 2.24) is 0 Å². The van der Waals surface area contributed by atoms with Gasteiger partial charge in [-0.3, -0.25) is 0 Å². The number of fused-ring (bicyclic) bond motifs is 1. The lowest BCUT2D eigenvalue weighted by Gasteiger charge is -2.23. The highest BCUT2D eigenvalue weighted by atomic mass is 16.7. The van der Waals surface area contributed by atoms with Crippen LogP contribution < -0.4 is 10.5 Å². The van der Waals surface area contributed by atoms with Gasteiger partial charge >= 0.3 is 0 Å². The quantitative estimate of drug-likeness (QED) is 0.591. The smallest absolute Gasteiger partial charge is 0.300 e. The van der Waals surface area contributed by atoms with E-state index in [0.29, 0.717) is 5.84 Å². The van der Waals surface area contributed by atoms with E-state index >= 15 is 0 Å². The predicted molar refractivity (Wildman–Crippen MR) is 82.5 cm³/mol. The zero-order valence-electron chi connectivity index (χ0n) is 13.0. The molecule has 5 nitrogen and oxygen atoms in total. The Bertz CT molecular complexity index is 510. The fourth-order valence-electron chi connectivity index (χ4n) is 2.49. The molecule has 1 aromatic carbocycles. The summed E-state index contributed by atoms with van der Waals surface area (Å²) < 4.78 is 16.5.